The van der Waals surface area contributed by atoms with Crippen molar-refractivity contribution in [3.05, 3.63) is 29.5 Å². The zero-order valence-corrected chi connectivity index (χ0v) is 12.3. The van der Waals surface area contributed by atoms with E-state index in [1.54, 1.807) is 0 Å². The lowest BCUT2D eigenvalue weighted by molar-refractivity contribution is 0.753. The lowest BCUT2D eigenvalue weighted by Gasteiger charge is -2.15. The van der Waals surface area contributed by atoms with Crippen LogP contribution in [0.15, 0.2) is 24.3 Å². The van der Waals surface area contributed by atoms with Crippen LogP contribution in [0.2, 0.25) is 5.28 Å². The van der Waals surface area contributed by atoms with Crippen LogP contribution < -0.4 is 5.32 Å². The molecule has 0 amide bonds. The summed E-state index contributed by atoms with van der Waals surface area (Å²) in [6.07, 6.45) is 5.85. The Morgan fingerprint density at radius 2 is 2.11 bits per heavy atom. The van der Waals surface area contributed by atoms with Crippen LogP contribution in [-0.4, -0.2) is 27.5 Å². The Labute approximate surface area is 122 Å². The van der Waals surface area contributed by atoms with Crippen LogP contribution in [0.5, 0.6) is 0 Å². The van der Waals surface area contributed by atoms with E-state index in [1.807, 2.05) is 36.0 Å². The molecule has 0 bridgehead atoms. The number of hydrogen-bond donors (Lipinski definition) is 1. The normalized spacial score (nSPS) is 22.8. The van der Waals surface area contributed by atoms with Crippen molar-refractivity contribution in [3.63, 3.8) is 0 Å². The first-order chi connectivity index (χ1) is 9.26. The van der Waals surface area contributed by atoms with E-state index in [0.717, 1.165) is 22.0 Å². The first kappa shape index (κ1) is 13.0. The molecule has 0 saturated heterocycles. The molecule has 5 heteroatoms. The molecule has 1 aromatic carbocycles. The van der Waals surface area contributed by atoms with Gasteiger partial charge in [-0.25, -0.2) is 9.97 Å². The molecule has 1 saturated carbocycles. The maximum absolute atomic E-state index is 6.00. The fourth-order valence-electron chi connectivity index (χ4n) is 2.64. The number of anilines is 1. The maximum Gasteiger partial charge on any atom is 0.224 e. The molecule has 1 fully saturated rings. The molecule has 1 aromatic heterocycles. The summed E-state index contributed by atoms with van der Waals surface area (Å²) in [7, 11) is 0. The fraction of sp³-hybridized carbons (Fsp3) is 0.429. The lowest BCUT2D eigenvalue weighted by atomic mass is 10.2. The lowest BCUT2D eigenvalue weighted by Crippen LogP contribution is -2.17. The van der Waals surface area contributed by atoms with E-state index in [4.69, 9.17) is 11.6 Å². The van der Waals surface area contributed by atoms with Crippen molar-refractivity contribution < 1.29 is 0 Å². The van der Waals surface area contributed by atoms with E-state index < -0.39 is 0 Å². The number of nitrogens with one attached hydrogen (secondary N) is 1. The van der Waals surface area contributed by atoms with Crippen LogP contribution in [0.1, 0.15) is 19.3 Å². The molecule has 2 unspecified atom stereocenters. The molecule has 0 aliphatic heterocycles. The molecule has 3 rings (SSSR count). The smallest absolute Gasteiger partial charge is 0.224 e. The van der Waals surface area contributed by atoms with Crippen molar-refractivity contribution in [2.45, 2.75) is 30.6 Å². The van der Waals surface area contributed by atoms with Gasteiger partial charge in [-0.3, -0.25) is 0 Å². The van der Waals surface area contributed by atoms with Gasteiger partial charge in [0.05, 0.1) is 5.52 Å². The summed E-state index contributed by atoms with van der Waals surface area (Å²) < 4.78 is 0. The maximum atomic E-state index is 6.00. The average molecular weight is 294 g/mol. The third-order valence-electron chi connectivity index (χ3n) is 3.63. The largest absolute Gasteiger partial charge is 0.367 e. The molecule has 1 N–H and O–H groups in total. The van der Waals surface area contributed by atoms with Gasteiger partial charge in [0.2, 0.25) is 5.28 Å². The number of aromatic nitrogens is 2. The molecule has 3 nitrogen and oxygen atoms in total. The highest BCUT2D eigenvalue weighted by atomic mass is 35.5. The second kappa shape index (κ2) is 5.55. The van der Waals surface area contributed by atoms with E-state index in [2.05, 4.69) is 21.5 Å². The number of benzene rings is 1. The zero-order valence-electron chi connectivity index (χ0n) is 10.8. The molecule has 1 aliphatic rings. The minimum absolute atomic E-state index is 0.306. The molecule has 1 heterocycles. The van der Waals surface area contributed by atoms with Crippen molar-refractivity contribution >= 4 is 40.1 Å². The van der Waals surface area contributed by atoms with E-state index in [9.17, 15) is 0 Å². The first-order valence-corrected chi connectivity index (χ1v) is 8.14. The van der Waals surface area contributed by atoms with E-state index in [1.165, 1.54) is 19.3 Å². The van der Waals surface area contributed by atoms with Gasteiger partial charge in [0.1, 0.15) is 5.82 Å². The van der Waals surface area contributed by atoms with Crippen molar-refractivity contribution in [1.29, 1.82) is 0 Å². The van der Waals surface area contributed by atoms with E-state index in [-0.39, 0.29) is 0 Å². The van der Waals surface area contributed by atoms with Crippen LogP contribution in [0.4, 0.5) is 5.82 Å². The first-order valence-electron chi connectivity index (χ1n) is 6.48. The summed E-state index contributed by atoms with van der Waals surface area (Å²) in [6, 6.07) is 8.47. The van der Waals surface area contributed by atoms with Crippen molar-refractivity contribution in [2.75, 3.05) is 11.6 Å². The Balaban J connectivity index is 1.88. The molecule has 1 aliphatic carbocycles. The Kier molecular flexibility index (Phi) is 3.80. The molecule has 0 radical (unpaired) electrons. The fourth-order valence-corrected chi connectivity index (χ4v) is 3.61. The second-order valence-corrected chi connectivity index (χ2v) is 6.35. The van der Waals surface area contributed by atoms with Gasteiger partial charge in [-0.2, -0.15) is 11.8 Å². The summed E-state index contributed by atoms with van der Waals surface area (Å²) in [6.45, 7) is 0. The number of nitrogens with zero attached hydrogens (tertiary/aromatic N) is 2. The SMILES string of the molecule is CSC1CCC(Nc2nc(Cl)nc3ccccc23)C1. The van der Waals surface area contributed by atoms with Crippen LogP contribution >= 0.6 is 23.4 Å². The average Bonchev–Trinajstić information content (AvgIpc) is 2.86. The van der Waals surface area contributed by atoms with Gasteiger partial charge in [-0.15, -0.1) is 0 Å². The van der Waals surface area contributed by atoms with Gasteiger partial charge in [0.15, 0.2) is 0 Å². The van der Waals surface area contributed by atoms with Gasteiger partial charge in [-0.05, 0) is 49.3 Å². The third kappa shape index (κ3) is 2.79. The molecule has 2 atom stereocenters. The standard InChI is InChI=1S/C14H16ClN3S/c1-19-10-7-6-9(8-10)16-13-11-4-2-3-5-12(11)17-14(15)18-13/h2-5,9-10H,6-8H2,1H3,(H,16,17,18). The van der Waals surface area contributed by atoms with Crippen LogP contribution in [-0.2, 0) is 0 Å². The van der Waals surface area contributed by atoms with Crippen molar-refractivity contribution in [3.8, 4) is 0 Å². The van der Waals surface area contributed by atoms with Crippen LogP contribution in [0.3, 0.4) is 0 Å². The topological polar surface area (TPSA) is 37.8 Å². The van der Waals surface area contributed by atoms with Gasteiger partial charge in [-0.1, -0.05) is 12.1 Å². The molecule has 0 spiro atoms. The van der Waals surface area contributed by atoms with Crippen molar-refractivity contribution in [1.82, 2.24) is 9.97 Å². The van der Waals surface area contributed by atoms with Crippen LogP contribution in [0, 0.1) is 0 Å². The predicted octanol–water partition coefficient (Wildman–Crippen LogP) is 3.98. The van der Waals surface area contributed by atoms with Gasteiger partial charge < -0.3 is 5.32 Å². The highest BCUT2D eigenvalue weighted by Gasteiger charge is 2.24. The minimum Gasteiger partial charge on any atom is -0.367 e. The minimum atomic E-state index is 0.306. The van der Waals surface area contributed by atoms with E-state index in [0.29, 0.717) is 11.3 Å². The molecule has 19 heavy (non-hydrogen) atoms. The summed E-state index contributed by atoms with van der Waals surface area (Å²) in [5, 5.41) is 5.65. The quantitative estimate of drug-likeness (QED) is 0.869. The van der Waals surface area contributed by atoms with E-state index >= 15 is 0 Å². The predicted molar refractivity (Wildman–Crippen MR) is 83.1 cm³/mol. The number of fused-ring (bicyclic) bond motifs is 1. The molecular formula is C14H16ClN3S. The highest BCUT2D eigenvalue weighted by molar-refractivity contribution is 7.99. The Morgan fingerprint density at radius 1 is 1.26 bits per heavy atom. The van der Waals surface area contributed by atoms with Gasteiger partial charge >= 0.3 is 0 Å². The molecule has 100 valence electrons. The third-order valence-corrected chi connectivity index (χ3v) is 4.90. The zero-order chi connectivity index (χ0) is 13.2. The molecular weight excluding hydrogens is 278 g/mol. The summed E-state index contributed by atoms with van der Waals surface area (Å²) >= 11 is 7.95. The Bertz CT molecular complexity index is 590. The highest BCUT2D eigenvalue weighted by Crippen LogP contribution is 2.31. The number of thioether (sulfide) groups is 1. The second-order valence-electron chi connectivity index (χ2n) is 4.87. The van der Waals surface area contributed by atoms with Crippen LogP contribution in [0.25, 0.3) is 10.9 Å². The number of hydrogen-bond acceptors (Lipinski definition) is 4. The Hall–Kier alpha value is -1.00. The summed E-state index contributed by atoms with van der Waals surface area (Å²) in [5.74, 6) is 0.863. The van der Waals surface area contributed by atoms with Gasteiger partial charge in [0, 0.05) is 16.7 Å². The monoisotopic (exact) mass is 293 g/mol. The van der Waals surface area contributed by atoms with Crippen molar-refractivity contribution in [2.24, 2.45) is 0 Å². The summed E-state index contributed by atoms with van der Waals surface area (Å²) in [5.41, 5.74) is 0.893. The summed E-state index contributed by atoms with van der Waals surface area (Å²) in [4.78, 5) is 8.60. The number of halogens is 1. The number of rotatable bonds is 3. The van der Waals surface area contributed by atoms with Gasteiger partial charge in [0.25, 0.3) is 0 Å². The number of para-hydroxylation sites is 1. The Morgan fingerprint density at radius 3 is 2.89 bits per heavy atom. The molecule has 2 aromatic rings.